The lowest BCUT2D eigenvalue weighted by molar-refractivity contribution is 0.288. The van der Waals surface area contributed by atoms with Crippen molar-refractivity contribution >= 4 is 0 Å². The molecule has 0 spiro atoms. The van der Waals surface area contributed by atoms with Crippen molar-refractivity contribution in [2.75, 3.05) is 6.61 Å². The lowest BCUT2D eigenvalue weighted by Crippen LogP contribution is -1.99. The van der Waals surface area contributed by atoms with Crippen molar-refractivity contribution in [3.63, 3.8) is 0 Å². The zero-order chi connectivity index (χ0) is 13.1. The molecule has 4 heteroatoms. The van der Waals surface area contributed by atoms with Crippen LogP contribution in [0.1, 0.15) is 23.4 Å². The molecule has 0 bridgehead atoms. The molecule has 1 aromatic carbocycles. The summed E-state index contributed by atoms with van der Waals surface area (Å²) in [4.78, 5) is 0. The monoisotopic (exact) mass is 246 g/mol. The van der Waals surface area contributed by atoms with Gasteiger partial charge in [0.15, 0.2) is 0 Å². The van der Waals surface area contributed by atoms with E-state index in [1.807, 2.05) is 24.6 Å². The summed E-state index contributed by atoms with van der Waals surface area (Å²) in [5.41, 5.74) is 4.06. The van der Waals surface area contributed by atoms with Crippen LogP contribution in [-0.2, 0) is 6.42 Å². The number of aliphatic hydroxyl groups is 1. The van der Waals surface area contributed by atoms with E-state index in [1.165, 1.54) is 5.56 Å². The highest BCUT2D eigenvalue weighted by molar-refractivity contribution is 5.41. The van der Waals surface area contributed by atoms with Crippen molar-refractivity contribution in [3.05, 3.63) is 41.2 Å². The van der Waals surface area contributed by atoms with Crippen LogP contribution in [0.2, 0.25) is 0 Å². The molecule has 0 saturated carbocycles. The lowest BCUT2D eigenvalue weighted by Gasteiger charge is -2.05. The first-order valence-electron chi connectivity index (χ1n) is 6.09. The number of aliphatic hydroxyl groups excluding tert-OH is 1. The highest BCUT2D eigenvalue weighted by Gasteiger charge is 2.12. The second-order valence-corrected chi connectivity index (χ2v) is 4.41. The van der Waals surface area contributed by atoms with Gasteiger partial charge in [-0.05, 0) is 44.4 Å². The van der Waals surface area contributed by atoms with E-state index >= 15 is 0 Å². The third-order valence-corrected chi connectivity index (χ3v) is 3.10. The van der Waals surface area contributed by atoms with Crippen molar-refractivity contribution in [1.29, 1.82) is 0 Å². The van der Waals surface area contributed by atoms with Crippen molar-refractivity contribution in [1.82, 2.24) is 9.78 Å². The molecule has 0 atom stereocenters. The minimum Gasteiger partial charge on any atom is -0.508 e. The number of aromatic nitrogens is 2. The molecule has 2 rings (SSSR count). The number of aryl methyl sites for hydroxylation is 1. The molecule has 1 aromatic heterocycles. The van der Waals surface area contributed by atoms with Gasteiger partial charge in [-0.2, -0.15) is 5.10 Å². The summed E-state index contributed by atoms with van der Waals surface area (Å²) in [5.74, 6) is 0.233. The Labute approximate surface area is 107 Å². The minimum absolute atomic E-state index is 0.191. The van der Waals surface area contributed by atoms with Crippen LogP contribution in [0.15, 0.2) is 24.3 Å². The Kier molecular flexibility index (Phi) is 3.67. The molecule has 0 saturated heterocycles. The van der Waals surface area contributed by atoms with Gasteiger partial charge in [-0.25, -0.2) is 4.68 Å². The number of aromatic hydroxyl groups is 1. The summed E-state index contributed by atoms with van der Waals surface area (Å²) in [7, 11) is 0. The van der Waals surface area contributed by atoms with Gasteiger partial charge in [0, 0.05) is 18.4 Å². The van der Waals surface area contributed by atoms with E-state index < -0.39 is 0 Å². The Morgan fingerprint density at radius 1 is 1.28 bits per heavy atom. The standard InChI is InChI=1S/C14H18N2O2/c1-10-14(7-4-8-17)11(2)16(15-10)12-5-3-6-13(18)9-12/h3,5-6,9,17-18H,4,7-8H2,1-2H3. The second kappa shape index (κ2) is 5.23. The molecule has 0 unspecified atom stereocenters. The number of hydrogen-bond acceptors (Lipinski definition) is 3. The SMILES string of the molecule is Cc1nn(-c2cccc(O)c2)c(C)c1CCCO. The highest BCUT2D eigenvalue weighted by Crippen LogP contribution is 2.21. The van der Waals surface area contributed by atoms with Gasteiger partial charge >= 0.3 is 0 Å². The molecule has 0 radical (unpaired) electrons. The summed E-state index contributed by atoms with van der Waals surface area (Å²) in [6, 6.07) is 7.04. The van der Waals surface area contributed by atoms with Crippen LogP contribution >= 0.6 is 0 Å². The first-order valence-corrected chi connectivity index (χ1v) is 6.09. The van der Waals surface area contributed by atoms with E-state index in [-0.39, 0.29) is 12.4 Å². The van der Waals surface area contributed by atoms with Gasteiger partial charge in [0.2, 0.25) is 0 Å². The normalized spacial score (nSPS) is 10.8. The van der Waals surface area contributed by atoms with Gasteiger partial charge < -0.3 is 10.2 Å². The molecule has 1 heterocycles. The molecule has 0 aliphatic carbocycles. The molecule has 0 amide bonds. The number of phenolic OH excluding ortho intramolecular Hbond substituents is 1. The summed E-state index contributed by atoms with van der Waals surface area (Å²) in [6.07, 6.45) is 1.57. The van der Waals surface area contributed by atoms with E-state index in [2.05, 4.69) is 5.10 Å². The molecule has 4 nitrogen and oxygen atoms in total. The molecular weight excluding hydrogens is 228 g/mol. The maximum absolute atomic E-state index is 9.51. The number of nitrogens with zero attached hydrogens (tertiary/aromatic N) is 2. The third-order valence-electron chi connectivity index (χ3n) is 3.10. The smallest absolute Gasteiger partial charge is 0.117 e. The van der Waals surface area contributed by atoms with Gasteiger partial charge in [0.05, 0.1) is 11.4 Å². The molecule has 0 fully saturated rings. The van der Waals surface area contributed by atoms with Gasteiger partial charge in [0.1, 0.15) is 5.75 Å². The minimum atomic E-state index is 0.191. The summed E-state index contributed by atoms with van der Waals surface area (Å²) in [6.45, 7) is 4.17. The topological polar surface area (TPSA) is 58.3 Å². The van der Waals surface area contributed by atoms with Crippen LogP contribution in [0, 0.1) is 13.8 Å². The van der Waals surface area contributed by atoms with E-state index in [1.54, 1.807) is 18.2 Å². The molecule has 18 heavy (non-hydrogen) atoms. The average molecular weight is 246 g/mol. The van der Waals surface area contributed by atoms with Crippen LogP contribution in [0.25, 0.3) is 5.69 Å². The van der Waals surface area contributed by atoms with E-state index in [0.717, 1.165) is 29.9 Å². The summed E-state index contributed by atoms with van der Waals surface area (Å²) >= 11 is 0. The highest BCUT2D eigenvalue weighted by atomic mass is 16.3. The number of phenols is 1. The van der Waals surface area contributed by atoms with E-state index in [0.29, 0.717) is 0 Å². The molecule has 0 aliphatic heterocycles. The van der Waals surface area contributed by atoms with Crippen molar-refractivity contribution in [2.45, 2.75) is 26.7 Å². The predicted octanol–water partition coefficient (Wildman–Crippen LogP) is 2.12. The molecule has 96 valence electrons. The Morgan fingerprint density at radius 2 is 2.06 bits per heavy atom. The fourth-order valence-electron chi connectivity index (χ4n) is 2.17. The van der Waals surface area contributed by atoms with Crippen LogP contribution in [0.5, 0.6) is 5.75 Å². The zero-order valence-electron chi connectivity index (χ0n) is 10.7. The molecule has 0 aliphatic rings. The quantitative estimate of drug-likeness (QED) is 0.868. The van der Waals surface area contributed by atoms with E-state index in [9.17, 15) is 5.11 Å². The first kappa shape index (κ1) is 12.6. The predicted molar refractivity (Wildman–Crippen MR) is 70.1 cm³/mol. The molecular formula is C14H18N2O2. The Balaban J connectivity index is 2.40. The Bertz CT molecular complexity index is 547. The number of rotatable bonds is 4. The van der Waals surface area contributed by atoms with Crippen molar-refractivity contribution in [2.24, 2.45) is 0 Å². The van der Waals surface area contributed by atoms with Crippen molar-refractivity contribution in [3.8, 4) is 11.4 Å². The third kappa shape index (κ3) is 2.38. The first-order chi connectivity index (χ1) is 8.63. The van der Waals surface area contributed by atoms with Crippen LogP contribution in [-0.4, -0.2) is 26.6 Å². The van der Waals surface area contributed by atoms with Gasteiger partial charge in [-0.1, -0.05) is 6.07 Å². The average Bonchev–Trinajstić information content (AvgIpc) is 2.63. The van der Waals surface area contributed by atoms with Gasteiger partial charge in [0.25, 0.3) is 0 Å². The van der Waals surface area contributed by atoms with Gasteiger partial charge in [-0.3, -0.25) is 0 Å². The van der Waals surface area contributed by atoms with Crippen LogP contribution < -0.4 is 0 Å². The fourth-order valence-corrected chi connectivity index (χ4v) is 2.17. The summed E-state index contributed by atoms with van der Waals surface area (Å²) in [5, 5.41) is 22.9. The maximum Gasteiger partial charge on any atom is 0.117 e. The number of hydrogen-bond donors (Lipinski definition) is 2. The van der Waals surface area contributed by atoms with Crippen LogP contribution in [0.4, 0.5) is 0 Å². The summed E-state index contributed by atoms with van der Waals surface area (Å²) < 4.78 is 1.84. The fraction of sp³-hybridized carbons (Fsp3) is 0.357. The lowest BCUT2D eigenvalue weighted by atomic mass is 10.1. The largest absolute Gasteiger partial charge is 0.508 e. The Morgan fingerprint density at radius 3 is 2.72 bits per heavy atom. The number of benzene rings is 1. The second-order valence-electron chi connectivity index (χ2n) is 4.41. The molecule has 2 N–H and O–H groups in total. The maximum atomic E-state index is 9.51. The van der Waals surface area contributed by atoms with E-state index in [4.69, 9.17) is 5.11 Å². The van der Waals surface area contributed by atoms with Gasteiger partial charge in [-0.15, -0.1) is 0 Å². The van der Waals surface area contributed by atoms with Crippen LogP contribution in [0.3, 0.4) is 0 Å². The zero-order valence-corrected chi connectivity index (χ0v) is 10.7. The van der Waals surface area contributed by atoms with Crippen molar-refractivity contribution < 1.29 is 10.2 Å². The Hall–Kier alpha value is -1.81. The molecule has 2 aromatic rings.